The van der Waals surface area contributed by atoms with E-state index in [1.165, 1.54) is 12.1 Å². The van der Waals surface area contributed by atoms with Gasteiger partial charge < -0.3 is 14.6 Å². The first-order chi connectivity index (χ1) is 13.2. The van der Waals surface area contributed by atoms with Crippen LogP contribution in [0.4, 0.5) is 0 Å². The van der Waals surface area contributed by atoms with Gasteiger partial charge >= 0.3 is 5.97 Å². The van der Waals surface area contributed by atoms with Crippen molar-refractivity contribution < 1.29 is 24.2 Å². The summed E-state index contributed by atoms with van der Waals surface area (Å²) in [6.07, 6.45) is 0.494. The lowest BCUT2D eigenvalue weighted by atomic mass is 10.1. The van der Waals surface area contributed by atoms with Crippen LogP contribution in [0.15, 0.2) is 72.8 Å². The lowest BCUT2D eigenvalue weighted by Crippen LogP contribution is -2.08. The van der Waals surface area contributed by atoms with E-state index in [-0.39, 0.29) is 23.5 Å². The summed E-state index contributed by atoms with van der Waals surface area (Å²) in [5.41, 5.74) is 1.68. The van der Waals surface area contributed by atoms with Crippen LogP contribution in [0, 0.1) is 0 Å². The van der Waals surface area contributed by atoms with Crippen molar-refractivity contribution in [3.63, 3.8) is 0 Å². The van der Waals surface area contributed by atoms with Crippen molar-refractivity contribution in [1.82, 2.24) is 0 Å². The average molecular weight is 362 g/mol. The molecule has 0 aliphatic rings. The fourth-order valence-corrected chi connectivity index (χ4v) is 2.61. The molecule has 5 nitrogen and oxygen atoms in total. The summed E-state index contributed by atoms with van der Waals surface area (Å²) in [6, 6.07) is 21.8. The molecule has 3 aromatic rings. The number of benzene rings is 3. The van der Waals surface area contributed by atoms with Gasteiger partial charge in [0.25, 0.3) is 0 Å². The summed E-state index contributed by atoms with van der Waals surface area (Å²) in [4.78, 5) is 23.0. The zero-order chi connectivity index (χ0) is 19.1. The molecule has 0 heterocycles. The number of hydrogen-bond acceptors (Lipinski definition) is 4. The van der Waals surface area contributed by atoms with Crippen molar-refractivity contribution in [2.45, 2.75) is 13.2 Å². The zero-order valence-corrected chi connectivity index (χ0v) is 14.5. The number of ether oxygens (including phenoxy) is 2. The van der Waals surface area contributed by atoms with Crippen molar-refractivity contribution in [2.75, 3.05) is 0 Å². The van der Waals surface area contributed by atoms with Gasteiger partial charge in [-0.2, -0.15) is 0 Å². The Balaban J connectivity index is 1.86. The molecule has 0 aliphatic carbocycles. The van der Waals surface area contributed by atoms with E-state index in [0.29, 0.717) is 18.6 Å². The number of aldehydes is 1. The van der Waals surface area contributed by atoms with Crippen molar-refractivity contribution in [3.05, 3.63) is 95.1 Å². The predicted octanol–water partition coefficient (Wildman–Crippen LogP) is 4.36. The Hall–Kier alpha value is -3.60. The summed E-state index contributed by atoms with van der Waals surface area (Å²) in [5, 5.41) is 9.49. The maximum Gasteiger partial charge on any atom is 0.340 e. The molecule has 0 radical (unpaired) electrons. The predicted molar refractivity (Wildman–Crippen MR) is 100 cm³/mol. The zero-order valence-electron chi connectivity index (χ0n) is 14.5. The summed E-state index contributed by atoms with van der Waals surface area (Å²) in [5.74, 6) is -0.761. The minimum absolute atomic E-state index is 0.0103. The van der Waals surface area contributed by atoms with Gasteiger partial charge in [-0.1, -0.05) is 60.7 Å². The molecule has 0 amide bonds. The Morgan fingerprint density at radius 1 is 0.852 bits per heavy atom. The van der Waals surface area contributed by atoms with Crippen LogP contribution < -0.4 is 9.47 Å². The number of carbonyl (C=O) groups excluding carboxylic acids is 1. The summed E-state index contributed by atoms with van der Waals surface area (Å²) in [7, 11) is 0. The number of carboxylic acid groups (broad SMARTS) is 1. The van der Waals surface area contributed by atoms with E-state index in [1.807, 2.05) is 60.7 Å². The van der Waals surface area contributed by atoms with Crippen LogP contribution in [0.2, 0.25) is 0 Å². The molecule has 27 heavy (non-hydrogen) atoms. The maximum atomic E-state index is 11.6. The van der Waals surface area contributed by atoms with Gasteiger partial charge in [-0.25, -0.2) is 4.79 Å². The second-order valence-electron chi connectivity index (χ2n) is 5.86. The molecule has 0 aliphatic heterocycles. The molecule has 3 rings (SSSR count). The molecular formula is C22H18O5. The Morgan fingerprint density at radius 3 is 1.93 bits per heavy atom. The first-order valence-electron chi connectivity index (χ1n) is 8.37. The Labute approximate surface area is 156 Å². The van der Waals surface area contributed by atoms with E-state index in [4.69, 9.17) is 9.47 Å². The van der Waals surface area contributed by atoms with Gasteiger partial charge in [-0.3, -0.25) is 4.79 Å². The number of aromatic carboxylic acids is 1. The number of rotatable bonds is 8. The smallest absolute Gasteiger partial charge is 0.340 e. The lowest BCUT2D eigenvalue weighted by Gasteiger charge is -2.14. The first kappa shape index (κ1) is 18.2. The topological polar surface area (TPSA) is 72.8 Å². The molecule has 0 saturated heterocycles. The minimum Gasteiger partial charge on any atom is -0.489 e. The van der Waals surface area contributed by atoms with Gasteiger partial charge in [0, 0.05) is 11.6 Å². The number of carbonyl (C=O) groups is 2. The van der Waals surface area contributed by atoms with Gasteiger partial charge in [-0.05, 0) is 17.2 Å². The third kappa shape index (κ3) is 4.73. The fourth-order valence-electron chi connectivity index (χ4n) is 2.61. The monoisotopic (exact) mass is 362 g/mol. The number of hydrogen-bond donors (Lipinski definition) is 1. The van der Waals surface area contributed by atoms with Crippen LogP contribution in [0.1, 0.15) is 31.8 Å². The molecular weight excluding hydrogens is 344 g/mol. The molecule has 0 unspecified atom stereocenters. The van der Waals surface area contributed by atoms with E-state index >= 15 is 0 Å². The molecule has 1 N–H and O–H groups in total. The normalized spacial score (nSPS) is 10.2. The molecule has 5 heteroatoms. The Kier molecular flexibility index (Phi) is 5.84. The van der Waals surface area contributed by atoms with Crippen LogP contribution >= 0.6 is 0 Å². The summed E-state index contributed by atoms with van der Waals surface area (Å²) < 4.78 is 11.4. The van der Waals surface area contributed by atoms with Crippen molar-refractivity contribution in [1.29, 1.82) is 0 Å². The van der Waals surface area contributed by atoms with E-state index in [1.54, 1.807) is 0 Å². The SMILES string of the molecule is O=Cc1cc(OCc2ccccc2)cc(OCc2ccccc2)c1C(=O)O. The van der Waals surface area contributed by atoms with Crippen molar-refractivity contribution in [3.8, 4) is 11.5 Å². The van der Waals surface area contributed by atoms with E-state index < -0.39 is 5.97 Å². The lowest BCUT2D eigenvalue weighted by molar-refractivity contribution is 0.0688. The standard InChI is InChI=1S/C22H18O5/c23-13-18-11-19(26-14-16-7-3-1-4-8-16)12-20(21(18)22(24)25)27-15-17-9-5-2-6-10-17/h1-13H,14-15H2,(H,24,25). The van der Waals surface area contributed by atoms with E-state index in [0.717, 1.165) is 11.1 Å². The fraction of sp³-hybridized carbons (Fsp3) is 0.0909. The van der Waals surface area contributed by atoms with E-state index in [9.17, 15) is 14.7 Å². The van der Waals surface area contributed by atoms with Gasteiger partial charge in [0.1, 0.15) is 30.3 Å². The summed E-state index contributed by atoms with van der Waals surface area (Å²) in [6.45, 7) is 0.477. The second kappa shape index (κ2) is 8.67. The average Bonchev–Trinajstić information content (AvgIpc) is 2.71. The quantitative estimate of drug-likeness (QED) is 0.603. The van der Waals surface area contributed by atoms with Crippen LogP contribution in [0.5, 0.6) is 11.5 Å². The highest BCUT2D eigenvalue weighted by atomic mass is 16.5. The number of carboxylic acids is 1. The van der Waals surface area contributed by atoms with Crippen molar-refractivity contribution >= 4 is 12.3 Å². The van der Waals surface area contributed by atoms with Crippen LogP contribution in [0.25, 0.3) is 0 Å². The van der Waals surface area contributed by atoms with Crippen LogP contribution in [-0.2, 0) is 13.2 Å². The maximum absolute atomic E-state index is 11.6. The van der Waals surface area contributed by atoms with Crippen molar-refractivity contribution in [2.24, 2.45) is 0 Å². The molecule has 0 fully saturated rings. The van der Waals surface area contributed by atoms with Crippen LogP contribution in [0.3, 0.4) is 0 Å². The Morgan fingerprint density at radius 2 is 1.41 bits per heavy atom. The molecule has 0 spiro atoms. The van der Waals surface area contributed by atoms with Gasteiger partial charge in [0.2, 0.25) is 0 Å². The third-order valence-corrected chi connectivity index (χ3v) is 3.93. The highest BCUT2D eigenvalue weighted by molar-refractivity contribution is 6.00. The van der Waals surface area contributed by atoms with Gasteiger partial charge in [0.05, 0.1) is 0 Å². The summed E-state index contributed by atoms with van der Waals surface area (Å²) >= 11 is 0. The Bertz CT molecular complexity index is 920. The molecule has 0 atom stereocenters. The van der Waals surface area contributed by atoms with Gasteiger partial charge in [0.15, 0.2) is 6.29 Å². The second-order valence-corrected chi connectivity index (χ2v) is 5.86. The molecule has 0 bridgehead atoms. The van der Waals surface area contributed by atoms with E-state index in [2.05, 4.69) is 0 Å². The molecule has 0 aromatic heterocycles. The minimum atomic E-state index is -1.23. The molecule has 0 saturated carbocycles. The van der Waals surface area contributed by atoms with Gasteiger partial charge in [-0.15, -0.1) is 0 Å². The molecule has 3 aromatic carbocycles. The van der Waals surface area contributed by atoms with Crippen LogP contribution in [-0.4, -0.2) is 17.4 Å². The molecule has 136 valence electrons. The third-order valence-electron chi connectivity index (χ3n) is 3.93. The first-order valence-corrected chi connectivity index (χ1v) is 8.37. The highest BCUT2D eigenvalue weighted by Gasteiger charge is 2.19. The highest BCUT2D eigenvalue weighted by Crippen LogP contribution is 2.29. The largest absolute Gasteiger partial charge is 0.489 e.